The third-order valence-corrected chi connectivity index (χ3v) is 10.6. The molecule has 0 amide bonds. The molecule has 0 fully saturated rings. The lowest BCUT2D eigenvalue weighted by Crippen LogP contribution is -2.44. The fraction of sp³-hybridized carbons (Fsp3) is 0.680. The van der Waals surface area contributed by atoms with Gasteiger partial charge in [0.15, 0.2) is 5.92 Å². The highest BCUT2D eigenvalue weighted by molar-refractivity contribution is 6.90. The molecule has 4 nitrogen and oxygen atoms in total. The molecule has 0 aliphatic heterocycles. The maximum Gasteiger partial charge on any atom is 0.320 e. The zero-order valence-electron chi connectivity index (χ0n) is 19.6. The van der Waals surface area contributed by atoms with Gasteiger partial charge in [-0.15, -0.1) is 0 Å². The summed E-state index contributed by atoms with van der Waals surface area (Å²) >= 11 is 0. The monoisotopic (exact) mass is 434 g/mol. The second-order valence-corrected chi connectivity index (χ2v) is 13.1. The summed E-state index contributed by atoms with van der Waals surface area (Å²) in [5.74, 6) is -1.70. The van der Waals surface area contributed by atoms with Crippen LogP contribution in [-0.2, 0) is 19.1 Å². The summed E-state index contributed by atoms with van der Waals surface area (Å²) in [6.07, 6.45) is 9.17. The number of esters is 2. The second kappa shape index (κ2) is 15.2. The van der Waals surface area contributed by atoms with E-state index in [4.69, 9.17) is 9.47 Å². The van der Waals surface area contributed by atoms with Crippen molar-refractivity contribution in [3.63, 3.8) is 0 Å². The van der Waals surface area contributed by atoms with Crippen molar-refractivity contribution in [3.8, 4) is 0 Å². The van der Waals surface area contributed by atoms with E-state index in [1.165, 1.54) is 49.8 Å². The first-order chi connectivity index (χ1) is 14.5. The van der Waals surface area contributed by atoms with Crippen molar-refractivity contribution >= 4 is 25.2 Å². The van der Waals surface area contributed by atoms with Gasteiger partial charge in [-0.05, 0) is 20.3 Å². The first kappa shape index (κ1) is 26.4. The normalized spacial score (nSPS) is 13.1. The Hall–Kier alpha value is -1.62. The molecule has 0 bridgehead atoms. The summed E-state index contributed by atoms with van der Waals surface area (Å²) in [6, 6.07) is 13.2. The highest BCUT2D eigenvalue weighted by Crippen LogP contribution is 2.25. The lowest BCUT2D eigenvalue weighted by atomic mass is 10.0. The van der Waals surface area contributed by atoms with E-state index in [0.717, 1.165) is 12.5 Å². The fourth-order valence-electron chi connectivity index (χ4n) is 4.06. The Morgan fingerprint density at radius 3 is 1.90 bits per heavy atom. The topological polar surface area (TPSA) is 52.6 Å². The van der Waals surface area contributed by atoms with Gasteiger partial charge in [-0.3, -0.25) is 9.59 Å². The molecule has 0 spiro atoms. The van der Waals surface area contributed by atoms with E-state index in [1.54, 1.807) is 13.8 Å². The number of carbonyl (C=O) groups is 2. The van der Waals surface area contributed by atoms with Crippen molar-refractivity contribution in [3.05, 3.63) is 30.3 Å². The average Bonchev–Trinajstić information content (AvgIpc) is 2.74. The molecule has 0 saturated heterocycles. The summed E-state index contributed by atoms with van der Waals surface area (Å²) in [4.78, 5) is 24.5. The standard InChI is InChI=1S/C25H42O4Si/c1-5-8-9-10-11-15-20-30(4,22-17-13-12-14-18-22)21-16-19-23(24(26)28-6-2)25(27)29-7-3/h12-14,17-18,23H,5-11,15-16,19-21H2,1-4H3. The molecule has 1 rings (SSSR count). The molecule has 0 aliphatic rings. The van der Waals surface area contributed by atoms with Gasteiger partial charge in [-0.2, -0.15) is 0 Å². The third-order valence-electron chi connectivity index (χ3n) is 5.92. The molecule has 0 heterocycles. The van der Waals surface area contributed by atoms with Gasteiger partial charge in [-0.1, -0.05) is 106 Å². The number of hydrogen-bond acceptors (Lipinski definition) is 4. The van der Waals surface area contributed by atoms with Gasteiger partial charge in [0.05, 0.1) is 21.3 Å². The smallest absolute Gasteiger partial charge is 0.320 e. The van der Waals surface area contributed by atoms with E-state index >= 15 is 0 Å². The number of unbranched alkanes of at least 4 members (excludes halogenated alkanes) is 5. The van der Waals surface area contributed by atoms with Crippen LogP contribution in [0.2, 0.25) is 18.6 Å². The summed E-state index contributed by atoms with van der Waals surface area (Å²) < 4.78 is 10.2. The zero-order valence-corrected chi connectivity index (χ0v) is 20.6. The number of hydrogen-bond donors (Lipinski definition) is 0. The van der Waals surface area contributed by atoms with E-state index in [0.29, 0.717) is 6.42 Å². The van der Waals surface area contributed by atoms with E-state index in [-0.39, 0.29) is 13.2 Å². The summed E-state index contributed by atoms with van der Waals surface area (Å²) in [5.41, 5.74) is 0. The maximum atomic E-state index is 12.3. The molecule has 0 aromatic heterocycles. The van der Waals surface area contributed by atoms with E-state index < -0.39 is 25.9 Å². The van der Waals surface area contributed by atoms with Crippen LogP contribution < -0.4 is 5.19 Å². The predicted octanol–water partition coefficient (Wildman–Crippen LogP) is 5.86. The Balaban J connectivity index is 2.73. The van der Waals surface area contributed by atoms with Crippen LogP contribution in [0.5, 0.6) is 0 Å². The van der Waals surface area contributed by atoms with Crippen LogP contribution in [0.15, 0.2) is 30.3 Å². The molecular formula is C25H42O4Si. The average molecular weight is 435 g/mol. The van der Waals surface area contributed by atoms with Crippen molar-refractivity contribution in [2.75, 3.05) is 13.2 Å². The van der Waals surface area contributed by atoms with Crippen LogP contribution >= 0.6 is 0 Å². The molecule has 5 heteroatoms. The van der Waals surface area contributed by atoms with Gasteiger partial charge in [0.25, 0.3) is 0 Å². The van der Waals surface area contributed by atoms with E-state index in [2.05, 4.69) is 43.8 Å². The van der Waals surface area contributed by atoms with Crippen LogP contribution in [0.3, 0.4) is 0 Å². The Kier molecular flexibility index (Phi) is 13.4. The molecule has 0 aliphatic carbocycles. The van der Waals surface area contributed by atoms with E-state index in [1.807, 2.05) is 0 Å². The highest BCUT2D eigenvalue weighted by Gasteiger charge is 2.32. The minimum absolute atomic E-state index is 0.281. The molecule has 0 N–H and O–H groups in total. The van der Waals surface area contributed by atoms with Gasteiger partial charge in [0, 0.05) is 0 Å². The number of carbonyl (C=O) groups excluding carboxylic acids is 2. The Morgan fingerprint density at radius 1 is 0.800 bits per heavy atom. The number of rotatable bonds is 16. The maximum absolute atomic E-state index is 12.3. The van der Waals surface area contributed by atoms with Crippen molar-refractivity contribution in [2.45, 2.75) is 90.8 Å². The second-order valence-electron chi connectivity index (χ2n) is 8.39. The van der Waals surface area contributed by atoms with Crippen molar-refractivity contribution in [1.82, 2.24) is 0 Å². The lowest BCUT2D eigenvalue weighted by Gasteiger charge is -2.29. The van der Waals surface area contributed by atoms with Crippen molar-refractivity contribution in [1.29, 1.82) is 0 Å². The van der Waals surface area contributed by atoms with Crippen molar-refractivity contribution in [2.24, 2.45) is 5.92 Å². The fourth-order valence-corrected chi connectivity index (χ4v) is 7.90. The molecule has 1 aromatic carbocycles. The summed E-state index contributed by atoms with van der Waals surface area (Å²) in [6.45, 7) is 8.80. The first-order valence-corrected chi connectivity index (χ1v) is 14.8. The van der Waals surface area contributed by atoms with Gasteiger partial charge < -0.3 is 9.47 Å². The van der Waals surface area contributed by atoms with Gasteiger partial charge in [0.2, 0.25) is 0 Å². The minimum Gasteiger partial charge on any atom is -0.465 e. The van der Waals surface area contributed by atoms with Crippen LogP contribution in [0.25, 0.3) is 0 Å². The van der Waals surface area contributed by atoms with Gasteiger partial charge in [-0.25, -0.2) is 0 Å². The van der Waals surface area contributed by atoms with Crippen LogP contribution in [0.4, 0.5) is 0 Å². The summed E-state index contributed by atoms with van der Waals surface area (Å²) in [7, 11) is -1.67. The quantitative estimate of drug-likeness (QED) is 0.142. The van der Waals surface area contributed by atoms with Crippen LogP contribution in [-0.4, -0.2) is 33.2 Å². The molecular weight excluding hydrogens is 392 g/mol. The first-order valence-electron chi connectivity index (χ1n) is 11.9. The Bertz CT molecular complexity index is 586. The Labute approximate surface area is 184 Å². The lowest BCUT2D eigenvalue weighted by molar-refractivity contribution is -0.161. The molecule has 1 unspecified atom stereocenters. The third kappa shape index (κ3) is 9.46. The molecule has 1 atom stereocenters. The molecule has 170 valence electrons. The number of benzene rings is 1. The largest absolute Gasteiger partial charge is 0.465 e. The predicted molar refractivity (Wildman–Crippen MR) is 127 cm³/mol. The minimum atomic E-state index is -1.67. The van der Waals surface area contributed by atoms with Crippen LogP contribution in [0, 0.1) is 5.92 Å². The molecule has 0 radical (unpaired) electrons. The summed E-state index contributed by atoms with van der Waals surface area (Å²) in [5, 5.41) is 1.47. The zero-order chi connectivity index (χ0) is 22.2. The molecule has 0 saturated carbocycles. The molecule has 30 heavy (non-hydrogen) atoms. The Morgan fingerprint density at radius 2 is 1.33 bits per heavy atom. The van der Waals surface area contributed by atoms with Gasteiger partial charge >= 0.3 is 11.9 Å². The highest BCUT2D eigenvalue weighted by atomic mass is 28.3. The SMILES string of the molecule is CCCCCCCC[Si](C)(CCCC(C(=O)OCC)C(=O)OCC)c1ccccc1. The van der Waals surface area contributed by atoms with Crippen LogP contribution in [0.1, 0.15) is 72.1 Å². The number of ether oxygens (including phenoxy) is 2. The van der Waals surface area contributed by atoms with E-state index in [9.17, 15) is 9.59 Å². The van der Waals surface area contributed by atoms with Crippen molar-refractivity contribution < 1.29 is 19.1 Å². The molecule has 1 aromatic rings. The van der Waals surface area contributed by atoms with Gasteiger partial charge in [0.1, 0.15) is 0 Å².